The van der Waals surface area contributed by atoms with Gasteiger partial charge in [-0.1, -0.05) is 30.7 Å². The molecule has 7 nitrogen and oxygen atoms in total. The predicted octanol–water partition coefficient (Wildman–Crippen LogP) is 3.05. The van der Waals surface area contributed by atoms with Gasteiger partial charge in [0.2, 0.25) is 5.65 Å². The van der Waals surface area contributed by atoms with E-state index in [1.165, 1.54) is 12.8 Å². The highest BCUT2D eigenvalue weighted by atomic mass is 15.5. The summed E-state index contributed by atoms with van der Waals surface area (Å²) in [5.41, 5.74) is 3.46. The van der Waals surface area contributed by atoms with E-state index < -0.39 is 0 Å². The molecule has 1 aliphatic rings. The van der Waals surface area contributed by atoms with Crippen molar-refractivity contribution >= 4 is 28.0 Å². The van der Waals surface area contributed by atoms with Crippen molar-refractivity contribution in [1.29, 1.82) is 0 Å². The summed E-state index contributed by atoms with van der Waals surface area (Å²) >= 11 is 0. The summed E-state index contributed by atoms with van der Waals surface area (Å²) in [6, 6.07) is 10.3. The Kier molecular flexibility index (Phi) is 3.92. The lowest BCUT2D eigenvalue weighted by atomic mass is 10.1. The zero-order chi connectivity index (χ0) is 18.2. The number of aromatic nitrogens is 6. The van der Waals surface area contributed by atoms with Crippen molar-refractivity contribution in [2.75, 3.05) is 18.0 Å². The second-order valence-corrected chi connectivity index (χ2v) is 7.16. The van der Waals surface area contributed by atoms with Crippen molar-refractivity contribution in [2.24, 2.45) is 5.92 Å². The van der Waals surface area contributed by atoms with E-state index in [9.17, 15) is 0 Å². The predicted molar refractivity (Wildman–Crippen MR) is 105 cm³/mol. The minimum absolute atomic E-state index is 0.590. The van der Waals surface area contributed by atoms with Crippen LogP contribution in [0.4, 0.5) is 5.82 Å². The van der Waals surface area contributed by atoms with Gasteiger partial charge in [0.15, 0.2) is 5.65 Å². The normalized spacial score (nSPS) is 17.2. The number of benzene rings is 1. The highest BCUT2D eigenvalue weighted by molar-refractivity contribution is 5.79. The third-order valence-corrected chi connectivity index (χ3v) is 5.40. The Bertz CT molecular complexity index is 1100. The third-order valence-electron chi connectivity index (χ3n) is 5.40. The number of nitrogens with zero attached hydrogens (tertiary/aromatic N) is 7. The molecular weight excluding hydrogens is 338 g/mol. The van der Waals surface area contributed by atoms with Crippen LogP contribution in [-0.4, -0.2) is 43.0 Å². The molecule has 0 amide bonds. The molecule has 0 N–H and O–H groups in total. The van der Waals surface area contributed by atoms with E-state index in [4.69, 9.17) is 4.98 Å². The maximum atomic E-state index is 4.83. The van der Waals surface area contributed by atoms with E-state index in [0.717, 1.165) is 46.9 Å². The molecule has 5 rings (SSSR count). The smallest absolute Gasteiger partial charge is 0.221 e. The quantitative estimate of drug-likeness (QED) is 0.558. The van der Waals surface area contributed by atoms with Gasteiger partial charge in [0.05, 0.1) is 18.3 Å². The molecular formula is C20H21N7. The van der Waals surface area contributed by atoms with Crippen LogP contribution < -0.4 is 4.90 Å². The average molecular weight is 359 g/mol. The molecule has 3 aromatic heterocycles. The molecule has 136 valence electrons. The molecule has 4 heterocycles. The summed E-state index contributed by atoms with van der Waals surface area (Å²) in [7, 11) is 0. The van der Waals surface area contributed by atoms with Gasteiger partial charge in [-0.2, -0.15) is 0 Å². The maximum absolute atomic E-state index is 4.83. The molecule has 0 bridgehead atoms. The summed E-state index contributed by atoms with van der Waals surface area (Å²) in [5, 5.41) is 9.58. The number of rotatable bonds is 4. The lowest BCUT2D eigenvalue weighted by molar-refractivity contribution is 0.568. The fourth-order valence-corrected chi connectivity index (χ4v) is 3.78. The van der Waals surface area contributed by atoms with Gasteiger partial charge in [0, 0.05) is 24.7 Å². The van der Waals surface area contributed by atoms with Crippen molar-refractivity contribution in [3.8, 4) is 0 Å². The van der Waals surface area contributed by atoms with E-state index in [-0.39, 0.29) is 0 Å². The number of fused-ring (bicyclic) bond motifs is 2. The van der Waals surface area contributed by atoms with Crippen LogP contribution in [0.2, 0.25) is 0 Å². The number of anilines is 1. The number of hydrogen-bond donors (Lipinski definition) is 0. The lowest BCUT2D eigenvalue weighted by Crippen LogP contribution is -2.21. The fourth-order valence-electron chi connectivity index (χ4n) is 3.78. The summed E-state index contributed by atoms with van der Waals surface area (Å²) in [4.78, 5) is 16.0. The second kappa shape index (κ2) is 6.57. The van der Waals surface area contributed by atoms with E-state index >= 15 is 0 Å². The Labute approximate surface area is 157 Å². The molecule has 1 aromatic carbocycles. The highest BCUT2D eigenvalue weighted by Crippen LogP contribution is 2.24. The monoisotopic (exact) mass is 359 g/mol. The summed E-state index contributed by atoms with van der Waals surface area (Å²) in [6.07, 6.45) is 6.06. The Morgan fingerprint density at radius 3 is 3.04 bits per heavy atom. The Hall–Kier alpha value is -3.09. The van der Waals surface area contributed by atoms with Gasteiger partial charge in [-0.15, -0.1) is 5.10 Å². The van der Waals surface area contributed by atoms with Gasteiger partial charge in [0.1, 0.15) is 5.82 Å². The fraction of sp³-hybridized carbons (Fsp3) is 0.350. The van der Waals surface area contributed by atoms with Gasteiger partial charge < -0.3 is 4.90 Å². The molecule has 0 aliphatic carbocycles. The van der Waals surface area contributed by atoms with Gasteiger partial charge in [-0.05, 0) is 36.1 Å². The van der Waals surface area contributed by atoms with Crippen LogP contribution in [0.5, 0.6) is 0 Å². The molecule has 0 radical (unpaired) electrons. The highest BCUT2D eigenvalue weighted by Gasteiger charge is 2.23. The largest absolute Gasteiger partial charge is 0.355 e. The molecule has 1 saturated heterocycles. The second-order valence-electron chi connectivity index (χ2n) is 7.16. The van der Waals surface area contributed by atoms with Crippen molar-refractivity contribution < 1.29 is 0 Å². The Morgan fingerprint density at radius 2 is 2.15 bits per heavy atom. The van der Waals surface area contributed by atoms with Crippen LogP contribution in [0.15, 0.2) is 42.7 Å². The first-order valence-electron chi connectivity index (χ1n) is 9.45. The standard InChI is InChI=1S/C20H21N7/c1-2-14-7-9-26(12-14)18-11-22-19-20(23-18)27(25-24-19)13-15-5-6-17-16(10-15)4-3-8-21-17/h3-6,8,10-11,14H,2,7,9,12-13H2,1H3. The van der Waals surface area contributed by atoms with Crippen molar-refractivity contribution in [3.63, 3.8) is 0 Å². The summed E-state index contributed by atoms with van der Waals surface area (Å²) in [5.74, 6) is 1.67. The first-order valence-corrected chi connectivity index (χ1v) is 9.45. The maximum Gasteiger partial charge on any atom is 0.221 e. The van der Waals surface area contributed by atoms with Crippen molar-refractivity contribution in [2.45, 2.75) is 26.3 Å². The number of hydrogen-bond acceptors (Lipinski definition) is 6. The van der Waals surface area contributed by atoms with E-state index in [1.54, 1.807) is 0 Å². The topological polar surface area (TPSA) is 72.6 Å². The molecule has 1 atom stereocenters. The minimum atomic E-state index is 0.590. The molecule has 0 saturated carbocycles. The van der Waals surface area contributed by atoms with Crippen LogP contribution in [0.3, 0.4) is 0 Å². The molecule has 0 spiro atoms. The third kappa shape index (κ3) is 2.99. The molecule has 4 aromatic rings. The zero-order valence-electron chi connectivity index (χ0n) is 15.3. The lowest BCUT2D eigenvalue weighted by Gasteiger charge is -2.16. The van der Waals surface area contributed by atoms with Crippen molar-refractivity contribution in [1.82, 2.24) is 29.9 Å². The first kappa shape index (κ1) is 16.1. The Morgan fingerprint density at radius 1 is 1.19 bits per heavy atom. The molecule has 1 aliphatic heterocycles. The summed E-state index contributed by atoms with van der Waals surface area (Å²) < 4.78 is 1.83. The van der Waals surface area contributed by atoms with Crippen LogP contribution in [-0.2, 0) is 6.54 Å². The minimum Gasteiger partial charge on any atom is -0.355 e. The van der Waals surface area contributed by atoms with Crippen molar-refractivity contribution in [3.05, 3.63) is 48.3 Å². The average Bonchev–Trinajstić information content (AvgIpc) is 3.35. The zero-order valence-corrected chi connectivity index (χ0v) is 15.3. The van der Waals surface area contributed by atoms with Crippen LogP contribution in [0.1, 0.15) is 25.3 Å². The Balaban J connectivity index is 1.46. The van der Waals surface area contributed by atoms with E-state index in [1.807, 2.05) is 29.2 Å². The molecule has 7 heteroatoms. The van der Waals surface area contributed by atoms with Crippen LogP contribution in [0.25, 0.3) is 22.2 Å². The van der Waals surface area contributed by atoms with Gasteiger partial charge >= 0.3 is 0 Å². The van der Waals surface area contributed by atoms with Crippen LogP contribution in [0, 0.1) is 5.92 Å². The summed E-state index contributed by atoms with van der Waals surface area (Å²) in [6.45, 7) is 4.95. The van der Waals surface area contributed by atoms with Gasteiger partial charge in [-0.25, -0.2) is 14.6 Å². The van der Waals surface area contributed by atoms with Gasteiger partial charge in [-0.3, -0.25) is 4.98 Å². The number of pyridine rings is 1. The van der Waals surface area contributed by atoms with E-state index in [2.05, 4.69) is 50.3 Å². The van der Waals surface area contributed by atoms with E-state index in [0.29, 0.717) is 12.2 Å². The SMILES string of the molecule is CCC1CCN(c2cnc3nnn(Cc4ccc5ncccc5c4)c3n2)C1. The molecule has 1 unspecified atom stereocenters. The van der Waals surface area contributed by atoms with Gasteiger partial charge in [0.25, 0.3) is 0 Å². The first-order chi connectivity index (χ1) is 13.3. The van der Waals surface area contributed by atoms with Crippen LogP contribution >= 0.6 is 0 Å². The molecule has 27 heavy (non-hydrogen) atoms. The molecule has 1 fully saturated rings.